The molecule has 5 nitrogen and oxygen atoms in total. The van der Waals surface area contributed by atoms with Crippen LogP contribution in [0, 0.1) is 0 Å². The highest BCUT2D eigenvalue weighted by Gasteiger charge is 2.18. The molecule has 6 heteroatoms. The highest BCUT2D eigenvalue weighted by molar-refractivity contribution is 8.00. The number of ether oxygens (including phenoxy) is 1. The van der Waals surface area contributed by atoms with E-state index in [9.17, 15) is 9.59 Å². The lowest BCUT2D eigenvalue weighted by Crippen LogP contribution is -2.24. The van der Waals surface area contributed by atoms with Crippen LogP contribution < -0.4 is 11.1 Å². The topological polar surface area (TPSA) is 81.4 Å². The first kappa shape index (κ1) is 20.8. The highest BCUT2D eigenvalue weighted by atomic mass is 32.2. The largest absolute Gasteiger partial charge is 0.462 e. The van der Waals surface area contributed by atoms with Crippen LogP contribution >= 0.6 is 11.8 Å². The Hall–Kier alpha value is -2.47. The van der Waals surface area contributed by atoms with Gasteiger partial charge in [-0.05, 0) is 55.3 Å². The Morgan fingerprint density at radius 1 is 1.15 bits per heavy atom. The number of amides is 1. The van der Waals surface area contributed by atoms with E-state index in [-0.39, 0.29) is 17.1 Å². The summed E-state index contributed by atoms with van der Waals surface area (Å²) in [4.78, 5) is 25.4. The predicted molar refractivity (Wildman–Crippen MR) is 111 cm³/mol. The van der Waals surface area contributed by atoms with Gasteiger partial charge in [-0.2, -0.15) is 0 Å². The molecule has 0 aliphatic rings. The van der Waals surface area contributed by atoms with Crippen LogP contribution in [0.15, 0.2) is 53.4 Å². The van der Waals surface area contributed by atoms with E-state index in [1.807, 2.05) is 38.1 Å². The van der Waals surface area contributed by atoms with Gasteiger partial charge in [-0.25, -0.2) is 4.79 Å². The van der Waals surface area contributed by atoms with Gasteiger partial charge in [0.05, 0.1) is 17.4 Å². The van der Waals surface area contributed by atoms with Crippen molar-refractivity contribution in [3.05, 3.63) is 54.1 Å². The number of esters is 1. The van der Waals surface area contributed by atoms with E-state index < -0.39 is 0 Å². The number of nitrogens with one attached hydrogen (secondary N) is 1. The second-order valence-corrected chi connectivity index (χ2v) is 7.42. The summed E-state index contributed by atoms with van der Waals surface area (Å²) in [5, 5.41) is 2.67. The summed E-state index contributed by atoms with van der Waals surface area (Å²) in [6, 6.07) is 14.3. The third-order valence-electron chi connectivity index (χ3n) is 3.92. The maximum Gasteiger partial charge on any atom is 0.338 e. The number of nitrogens with two attached hydrogens (primary N) is 1. The number of hydrogen-bond donors (Lipinski definition) is 2. The molecule has 0 saturated carbocycles. The number of carbonyl (C=O) groups is 2. The molecule has 0 fully saturated rings. The fourth-order valence-corrected chi connectivity index (χ4v) is 3.40. The number of rotatable bonds is 9. The molecule has 144 valence electrons. The molecule has 0 radical (unpaired) electrons. The standard InChI is InChI=1S/C21H26N2O3S/c1-3-5-13-26-21(25)15-9-11-17(12-10-15)23-20(24)19(4-2)27-18-8-6-7-16(22)14-18/h6-12,14,19H,3-5,13,22H2,1-2H3,(H,23,24). The summed E-state index contributed by atoms with van der Waals surface area (Å²) in [6.45, 7) is 4.44. The molecule has 2 rings (SSSR count). The van der Waals surface area contributed by atoms with Crippen LogP contribution in [-0.4, -0.2) is 23.7 Å². The van der Waals surface area contributed by atoms with Gasteiger partial charge in [0.15, 0.2) is 0 Å². The smallest absolute Gasteiger partial charge is 0.338 e. The van der Waals surface area contributed by atoms with Gasteiger partial charge in [0.1, 0.15) is 0 Å². The number of hydrogen-bond acceptors (Lipinski definition) is 5. The van der Waals surface area contributed by atoms with Crippen molar-refractivity contribution in [1.29, 1.82) is 0 Å². The molecule has 2 aromatic rings. The normalized spacial score (nSPS) is 11.6. The van der Waals surface area contributed by atoms with Crippen molar-refractivity contribution in [3.63, 3.8) is 0 Å². The van der Waals surface area contributed by atoms with Crippen LogP contribution in [-0.2, 0) is 9.53 Å². The lowest BCUT2D eigenvalue weighted by Gasteiger charge is -2.15. The van der Waals surface area contributed by atoms with E-state index in [0.29, 0.717) is 30.0 Å². The molecule has 1 atom stereocenters. The van der Waals surface area contributed by atoms with Gasteiger partial charge >= 0.3 is 5.97 Å². The van der Waals surface area contributed by atoms with Gasteiger partial charge in [-0.3, -0.25) is 4.79 Å². The molecule has 2 aromatic carbocycles. The van der Waals surface area contributed by atoms with Crippen molar-refractivity contribution in [1.82, 2.24) is 0 Å². The molecule has 0 aliphatic carbocycles. The van der Waals surface area contributed by atoms with Crippen LogP contribution in [0.25, 0.3) is 0 Å². The van der Waals surface area contributed by atoms with Crippen LogP contribution in [0.2, 0.25) is 0 Å². The summed E-state index contributed by atoms with van der Waals surface area (Å²) >= 11 is 1.48. The van der Waals surface area contributed by atoms with E-state index in [4.69, 9.17) is 10.5 Å². The van der Waals surface area contributed by atoms with Crippen molar-refractivity contribution in [3.8, 4) is 0 Å². The average Bonchev–Trinajstić information content (AvgIpc) is 2.66. The van der Waals surface area contributed by atoms with Crippen molar-refractivity contribution in [2.24, 2.45) is 0 Å². The van der Waals surface area contributed by atoms with Crippen LogP contribution in [0.1, 0.15) is 43.5 Å². The van der Waals surface area contributed by atoms with Gasteiger partial charge in [0.2, 0.25) is 5.91 Å². The molecule has 0 bridgehead atoms. The molecular weight excluding hydrogens is 360 g/mol. The van der Waals surface area contributed by atoms with Gasteiger partial charge in [-0.15, -0.1) is 11.8 Å². The molecule has 0 spiro atoms. The summed E-state index contributed by atoms with van der Waals surface area (Å²) in [7, 11) is 0. The lowest BCUT2D eigenvalue weighted by molar-refractivity contribution is -0.115. The predicted octanol–water partition coefficient (Wildman–Crippen LogP) is 4.74. The molecule has 0 heterocycles. The number of nitrogen functional groups attached to an aromatic ring is 1. The van der Waals surface area contributed by atoms with Gasteiger partial charge in [0, 0.05) is 16.3 Å². The summed E-state index contributed by atoms with van der Waals surface area (Å²) < 4.78 is 5.18. The molecule has 1 amide bonds. The number of benzene rings is 2. The first-order valence-electron chi connectivity index (χ1n) is 9.13. The molecule has 0 saturated heterocycles. The minimum absolute atomic E-state index is 0.0804. The van der Waals surface area contributed by atoms with Gasteiger partial charge < -0.3 is 15.8 Å². The quantitative estimate of drug-likeness (QED) is 0.282. The average molecular weight is 387 g/mol. The van der Waals surface area contributed by atoms with Crippen LogP contribution in [0.5, 0.6) is 0 Å². The minimum atomic E-state index is -0.343. The first-order chi connectivity index (χ1) is 13.0. The molecular formula is C21H26N2O3S. The molecule has 1 unspecified atom stereocenters. The zero-order valence-corrected chi connectivity index (χ0v) is 16.6. The molecule has 3 N–H and O–H groups in total. The van der Waals surface area contributed by atoms with E-state index in [0.717, 1.165) is 17.7 Å². The Morgan fingerprint density at radius 2 is 1.89 bits per heavy atom. The van der Waals surface area contributed by atoms with Crippen molar-refractivity contribution < 1.29 is 14.3 Å². The first-order valence-corrected chi connectivity index (χ1v) is 10.0. The van der Waals surface area contributed by atoms with Crippen molar-refractivity contribution >= 4 is 35.0 Å². The van der Waals surface area contributed by atoms with Crippen molar-refractivity contribution in [2.75, 3.05) is 17.7 Å². The van der Waals surface area contributed by atoms with E-state index in [1.54, 1.807) is 24.3 Å². The Kier molecular flexibility index (Phi) is 8.20. The Labute approximate surface area is 164 Å². The van der Waals surface area contributed by atoms with Crippen molar-refractivity contribution in [2.45, 2.75) is 43.3 Å². The fraction of sp³-hybridized carbons (Fsp3) is 0.333. The van der Waals surface area contributed by atoms with Gasteiger partial charge in [0.25, 0.3) is 0 Å². The monoisotopic (exact) mass is 386 g/mol. The third kappa shape index (κ3) is 6.64. The maximum absolute atomic E-state index is 12.6. The SMILES string of the molecule is CCCCOC(=O)c1ccc(NC(=O)C(CC)Sc2cccc(N)c2)cc1. The summed E-state index contributed by atoms with van der Waals surface area (Å²) in [5.41, 5.74) is 7.60. The lowest BCUT2D eigenvalue weighted by atomic mass is 10.2. The Balaban J connectivity index is 1.94. The summed E-state index contributed by atoms with van der Waals surface area (Å²) in [6.07, 6.45) is 2.51. The van der Waals surface area contributed by atoms with Gasteiger partial charge in [-0.1, -0.05) is 26.3 Å². The minimum Gasteiger partial charge on any atom is -0.462 e. The number of unbranched alkanes of at least 4 members (excludes halogenated alkanes) is 1. The Bertz CT molecular complexity index is 762. The van der Waals surface area contributed by atoms with E-state index in [1.165, 1.54) is 11.8 Å². The molecule has 27 heavy (non-hydrogen) atoms. The zero-order chi connectivity index (χ0) is 19.6. The van der Waals surface area contributed by atoms with E-state index in [2.05, 4.69) is 5.32 Å². The number of anilines is 2. The highest BCUT2D eigenvalue weighted by Crippen LogP contribution is 2.27. The third-order valence-corrected chi connectivity index (χ3v) is 5.28. The number of thioether (sulfide) groups is 1. The Morgan fingerprint density at radius 3 is 2.52 bits per heavy atom. The number of carbonyl (C=O) groups excluding carboxylic acids is 2. The molecule has 0 aromatic heterocycles. The fourth-order valence-electron chi connectivity index (χ4n) is 2.38. The molecule has 0 aliphatic heterocycles. The second kappa shape index (κ2) is 10.6. The van der Waals surface area contributed by atoms with Crippen LogP contribution in [0.3, 0.4) is 0 Å². The summed E-state index contributed by atoms with van der Waals surface area (Å²) in [5.74, 6) is -0.423. The van der Waals surface area contributed by atoms with Crippen LogP contribution in [0.4, 0.5) is 11.4 Å². The van der Waals surface area contributed by atoms with E-state index >= 15 is 0 Å². The maximum atomic E-state index is 12.6. The zero-order valence-electron chi connectivity index (χ0n) is 15.7. The second-order valence-electron chi connectivity index (χ2n) is 6.14.